The first-order chi connectivity index (χ1) is 11.6. The van der Waals surface area contributed by atoms with Crippen molar-refractivity contribution in [2.24, 2.45) is 0 Å². The van der Waals surface area contributed by atoms with E-state index in [9.17, 15) is 4.79 Å². The molecule has 0 spiro atoms. The van der Waals surface area contributed by atoms with E-state index in [4.69, 9.17) is 16.2 Å². The number of nitrogens with one attached hydrogen (secondary N) is 1. The molecule has 0 aliphatic heterocycles. The number of hydrogen-bond acceptors (Lipinski definition) is 5. The number of unbranched alkanes of at least 4 members (excludes halogenated alkanes) is 3. The van der Waals surface area contributed by atoms with Gasteiger partial charge in [-0.15, -0.1) is 0 Å². The van der Waals surface area contributed by atoms with Crippen LogP contribution in [0.3, 0.4) is 0 Å². The summed E-state index contributed by atoms with van der Waals surface area (Å²) in [6.45, 7) is 2.61. The molecule has 0 aliphatic rings. The third-order valence-electron chi connectivity index (χ3n) is 3.68. The summed E-state index contributed by atoms with van der Waals surface area (Å²) in [5.74, 6) is -0.305. The molecule has 0 aromatic heterocycles. The summed E-state index contributed by atoms with van der Waals surface area (Å²) in [7, 11) is 0. The first-order valence-corrected chi connectivity index (χ1v) is 8.29. The van der Waals surface area contributed by atoms with E-state index in [0.717, 1.165) is 30.6 Å². The number of anilines is 4. The number of carbonyl (C=O) groups excluding carboxylic acids is 1. The second-order valence-corrected chi connectivity index (χ2v) is 5.75. The van der Waals surface area contributed by atoms with Crippen molar-refractivity contribution < 1.29 is 9.53 Å². The fraction of sp³-hybridized carbons (Fsp3) is 0.316. The van der Waals surface area contributed by atoms with Crippen LogP contribution < -0.4 is 16.8 Å². The molecule has 2 aromatic rings. The highest BCUT2D eigenvalue weighted by Crippen LogP contribution is 2.25. The monoisotopic (exact) mass is 327 g/mol. The number of esters is 1. The molecule has 5 nitrogen and oxygen atoms in total. The van der Waals surface area contributed by atoms with Gasteiger partial charge in [0.1, 0.15) is 0 Å². The average Bonchev–Trinajstić information content (AvgIpc) is 2.57. The summed E-state index contributed by atoms with van der Waals surface area (Å²) in [4.78, 5) is 12.1. The molecule has 0 bridgehead atoms. The lowest BCUT2D eigenvalue weighted by atomic mass is 10.2. The summed E-state index contributed by atoms with van der Waals surface area (Å²) in [6, 6.07) is 12.4. The number of rotatable bonds is 8. The highest BCUT2D eigenvalue weighted by Gasteiger charge is 2.08. The summed E-state index contributed by atoms with van der Waals surface area (Å²) in [5, 5.41) is 3.19. The van der Waals surface area contributed by atoms with E-state index in [1.54, 1.807) is 24.3 Å². The van der Waals surface area contributed by atoms with Crippen LogP contribution in [0.5, 0.6) is 0 Å². The molecular weight excluding hydrogens is 302 g/mol. The van der Waals surface area contributed by atoms with E-state index in [0.29, 0.717) is 23.5 Å². The third kappa shape index (κ3) is 5.19. The maximum Gasteiger partial charge on any atom is 0.338 e. The number of benzene rings is 2. The molecule has 2 aromatic carbocycles. The molecule has 0 unspecified atom stereocenters. The maximum atomic E-state index is 12.1. The van der Waals surface area contributed by atoms with Crippen LogP contribution in [0.1, 0.15) is 43.0 Å². The van der Waals surface area contributed by atoms with E-state index in [1.165, 1.54) is 6.42 Å². The van der Waals surface area contributed by atoms with Crippen LogP contribution in [0.2, 0.25) is 0 Å². The van der Waals surface area contributed by atoms with Crippen molar-refractivity contribution in [1.29, 1.82) is 0 Å². The minimum absolute atomic E-state index is 0.305. The van der Waals surface area contributed by atoms with Gasteiger partial charge in [-0.05, 0) is 42.8 Å². The van der Waals surface area contributed by atoms with E-state index < -0.39 is 0 Å². The van der Waals surface area contributed by atoms with Gasteiger partial charge in [0.05, 0.1) is 23.5 Å². The van der Waals surface area contributed by atoms with E-state index in [2.05, 4.69) is 12.2 Å². The van der Waals surface area contributed by atoms with Gasteiger partial charge in [0.15, 0.2) is 0 Å². The Morgan fingerprint density at radius 3 is 2.67 bits per heavy atom. The van der Waals surface area contributed by atoms with Gasteiger partial charge in [-0.3, -0.25) is 0 Å². The number of ether oxygens (including phenoxy) is 1. The van der Waals surface area contributed by atoms with Crippen molar-refractivity contribution in [3.8, 4) is 0 Å². The van der Waals surface area contributed by atoms with Crippen LogP contribution >= 0.6 is 0 Å². The Labute approximate surface area is 143 Å². The van der Waals surface area contributed by atoms with E-state index in [1.807, 2.05) is 18.2 Å². The summed E-state index contributed by atoms with van der Waals surface area (Å²) >= 11 is 0. The van der Waals surface area contributed by atoms with Crippen molar-refractivity contribution in [3.05, 3.63) is 48.0 Å². The molecule has 0 amide bonds. The Balaban J connectivity index is 1.96. The zero-order valence-corrected chi connectivity index (χ0v) is 14.0. The van der Waals surface area contributed by atoms with Gasteiger partial charge in [0.2, 0.25) is 0 Å². The number of carbonyl (C=O) groups is 1. The molecule has 5 heteroatoms. The van der Waals surface area contributed by atoms with Gasteiger partial charge in [0, 0.05) is 11.4 Å². The van der Waals surface area contributed by atoms with Gasteiger partial charge in [-0.2, -0.15) is 0 Å². The van der Waals surface area contributed by atoms with Crippen LogP contribution in [0.15, 0.2) is 42.5 Å². The predicted molar refractivity (Wildman–Crippen MR) is 99.4 cm³/mol. The van der Waals surface area contributed by atoms with Gasteiger partial charge in [-0.25, -0.2) is 4.79 Å². The normalized spacial score (nSPS) is 10.4. The fourth-order valence-electron chi connectivity index (χ4n) is 2.35. The molecule has 0 heterocycles. The molecule has 5 N–H and O–H groups in total. The van der Waals surface area contributed by atoms with Crippen LogP contribution in [0.4, 0.5) is 22.7 Å². The third-order valence-corrected chi connectivity index (χ3v) is 3.68. The lowest BCUT2D eigenvalue weighted by Crippen LogP contribution is -2.07. The zero-order valence-electron chi connectivity index (χ0n) is 14.0. The smallest absolute Gasteiger partial charge is 0.338 e. The zero-order chi connectivity index (χ0) is 17.4. The molecular formula is C19H25N3O2. The minimum atomic E-state index is -0.305. The Morgan fingerprint density at radius 2 is 1.92 bits per heavy atom. The summed E-state index contributed by atoms with van der Waals surface area (Å²) in [6.07, 6.45) is 4.32. The molecule has 2 rings (SSSR count). The van der Waals surface area contributed by atoms with Crippen molar-refractivity contribution in [2.75, 3.05) is 23.4 Å². The highest BCUT2D eigenvalue weighted by atomic mass is 16.5. The largest absolute Gasteiger partial charge is 0.462 e. The van der Waals surface area contributed by atoms with Crippen molar-refractivity contribution in [1.82, 2.24) is 0 Å². The molecule has 0 radical (unpaired) electrons. The quantitative estimate of drug-likeness (QED) is 0.381. The van der Waals surface area contributed by atoms with Crippen molar-refractivity contribution >= 4 is 28.7 Å². The molecule has 0 fully saturated rings. The topological polar surface area (TPSA) is 90.4 Å². The average molecular weight is 327 g/mol. The molecule has 0 atom stereocenters. The predicted octanol–water partition coefficient (Wildman–Crippen LogP) is 4.33. The highest BCUT2D eigenvalue weighted by molar-refractivity contribution is 5.91. The lowest BCUT2D eigenvalue weighted by Gasteiger charge is -2.11. The van der Waals surface area contributed by atoms with Gasteiger partial charge < -0.3 is 21.5 Å². The van der Waals surface area contributed by atoms with E-state index in [-0.39, 0.29) is 5.97 Å². The summed E-state index contributed by atoms with van der Waals surface area (Å²) < 4.78 is 5.31. The first kappa shape index (κ1) is 17.7. The Bertz CT molecular complexity index is 686. The van der Waals surface area contributed by atoms with Gasteiger partial charge in [0.25, 0.3) is 0 Å². The molecule has 0 saturated carbocycles. The summed E-state index contributed by atoms with van der Waals surface area (Å²) in [5.41, 5.74) is 14.8. The lowest BCUT2D eigenvalue weighted by molar-refractivity contribution is 0.0498. The van der Waals surface area contributed by atoms with Gasteiger partial charge in [-0.1, -0.05) is 32.3 Å². The molecule has 0 aliphatic carbocycles. The first-order valence-electron chi connectivity index (χ1n) is 8.29. The Morgan fingerprint density at radius 1 is 1.08 bits per heavy atom. The van der Waals surface area contributed by atoms with Crippen LogP contribution in [0, 0.1) is 0 Å². The van der Waals surface area contributed by atoms with E-state index >= 15 is 0 Å². The Hall–Kier alpha value is -2.69. The second-order valence-electron chi connectivity index (χ2n) is 5.75. The maximum absolute atomic E-state index is 12.1. The Kier molecular flexibility index (Phi) is 6.49. The van der Waals surface area contributed by atoms with Crippen LogP contribution in [-0.2, 0) is 4.74 Å². The molecule has 24 heavy (non-hydrogen) atoms. The van der Waals surface area contributed by atoms with Crippen LogP contribution in [0.25, 0.3) is 0 Å². The number of hydrogen-bond donors (Lipinski definition) is 3. The second kappa shape index (κ2) is 8.82. The fourth-order valence-corrected chi connectivity index (χ4v) is 2.35. The van der Waals surface area contributed by atoms with Crippen molar-refractivity contribution in [3.63, 3.8) is 0 Å². The number of nitrogens with two attached hydrogens (primary N) is 2. The van der Waals surface area contributed by atoms with Gasteiger partial charge >= 0.3 is 5.97 Å². The standard InChI is InChI=1S/C19H25N3O2/c1-2-3-4-5-11-24-19(23)14-7-6-8-16(12-14)22-18-10-9-15(20)13-17(18)21/h6-10,12-13,22H,2-5,11,20-21H2,1H3. The van der Waals surface area contributed by atoms with Crippen molar-refractivity contribution in [2.45, 2.75) is 32.6 Å². The SMILES string of the molecule is CCCCCCOC(=O)c1cccc(Nc2ccc(N)cc2N)c1. The number of nitrogen functional groups attached to an aromatic ring is 2. The van der Waals surface area contributed by atoms with Crippen LogP contribution in [-0.4, -0.2) is 12.6 Å². The minimum Gasteiger partial charge on any atom is -0.462 e. The molecule has 0 saturated heterocycles. The molecule has 128 valence electrons.